The Hall–Kier alpha value is -5.52. The van der Waals surface area contributed by atoms with E-state index in [0.717, 1.165) is 22.4 Å². The fraction of sp³-hybridized carbons (Fsp3) is 0.0256. The average molecular weight is 585 g/mol. The molecule has 0 aliphatic rings. The average Bonchev–Trinajstić information content (AvgIpc) is 3.61. The molecule has 0 radical (unpaired) electrons. The Morgan fingerprint density at radius 1 is 0.568 bits per heavy atom. The molecule has 0 saturated carbocycles. The van der Waals surface area contributed by atoms with Gasteiger partial charge in [0.05, 0.1) is 23.3 Å². The van der Waals surface area contributed by atoms with E-state index < -0.39 is 0 Å². The minimum atomic E-state index is 0.441. The topological polar surface area (TPSA) is 55.7 Å². The second kappa shape index (κ2) is 11.0. The molecule has 2 aromatic heterocycles. The molecule has 44 heavy (non-hydrogen) atoms. The lowest BCUT2D eigenvalue weighted by Crippen LogP contribution is -2.16. The van der Waals surface area contributed by atoms with Crippen molar-refractivity contribution in [2.24, 2.45) is 15.7 Å². The summed E-state index contributed by atoms with van der Waals surface area (Å²) in [5.74, 6) is 1.05. The molecule has 2 N–H and O–H groups in total. The zero-order valence-corrected chi connectivity index (χ0v) is 24.7. The van der Waals surface area contributed by atoms with Crippen molar-refractivity contribution < 1.29 is 0 Å². The van der Waals surface area contributed by atoms with E-state index in [1.807, 2.05) is 72.0 Å². The van der Waals surface area contributed by atoms with E-state index in [-0.39, 0.29) is 0 Å². The summed E-state index contributed by atoms with van der Waals surface area (Å²) in [4.78, 5) is 9.90. The molecule has 0 aliphatic heterocycles. The Kier molecular flexibility index (Phi) is 6.51. The molecule has 8 aromatic rings. The first-order valence-corrected chi connectivity index (χ1v) is 15.5. The van der Waals surface area contributed by atoms with Gasteiger partial charge in [0.2, 0.25) is 0 Å². The lowest BCUT2D eigenvalue weighted by Gasteiger charge is -2.13. The smallest absolute Gasteiger partial charge is 0.157 e. The standard InChI is InChI=1S/C39H28N4S/c40-38(26-13-3-1-4-14-26)42-39(27-15-5-2-6-16-27)41-25-28-17-7-10-20-33(28)43-34-21-11-8-18-29(34)31-23-32-30-19-9-12-22-36(30)44-37(32)24-35(31)43/h1-24H,25H2,(H2,40,41,42). The van der Waals surface area contributed by atoms with Crippen LogP contribution in [-0.4, -0.2) is 16.2 Å². The van der Waals surface area contributed by atoms with Crippen LogP contribution in [0.4, 0.5) is 0 Å². The minimum absolute atomic E-state index is 0.441. The van der Waals surface area contributed by atoms with E-state index in [9.17, 15) is 0 Å². The highest BCUT2D eigenvalue weighted by Gasteiger charge is 2.17. The molecule has 0 spiro atoms. The fourth-order valence-electron chi connectivity index (χ4n) is 6.04. The molecular weight excluding hydrogens is 557 g/mol. The van der Waals surface area contributed by atoms with Gasteiger partial charge in [0, 0.05) is 42.1 Å². The molecule has 6 aromatic carbocycles. The van der Waals surface area contributed by atoms with Gasteiger partial charge in [0.1, 0.15) is 5.84 Å². The molecule has 0 bridgehead atoms. The molecule has 0 saturated heterocycles. The zero-order valence-electron chi connectivity index (χ0n) is 23.9. The van der Waals surface area contributed by atoms with Gasteiger partial charge in [-0.2, -0.15) is 0 Å². The Balaban J connectivity index is 1.30. The highest BCUT2D eigenvalue weighted by Crippen LogP contribution is 2.40. The monoisotopic (exact) mass is 584 g/mol. The summed E-state index contributed by atoms with van der Waals surface area (Å²) < 4.78 is 4.99. The predicted octanol–water partition coefficient (Wildman–Crippen LogP) is 9.50. The van der Waals surface area contributed by atoms with Crippen LogP contribution in [0.3, 0.4) is 0 Å². The summed E-state index contributed by atoms with van der Waals surface area (Å²) in [6, 6.07) is 50.5. The Morgan fingerprint density at radius 2 is 1.23 bits per heavy atom. The summed E-state index contributed by atoms with van der Waals surface area (Å²) in [5.41, 5.74) is 12.8. The maximum atomic E-state index is 6.47. The van der Waals surface area contributed by atoms with Crippen molar-refractivity contribution in [3.8, 4) is 5.69 Å². The van der Waals surface area contributed by atoms with Gasteiger partial charge in [-0.25, -0.2) is 4.99 Å². The van der Waals surface area contributed by atoms with Crippen LogP contribution in [0, 0.1) is 0 Å². The SMILES string of the molecule is NC(=NC(=NCc1ccccc1-n1c2ccccc2c2cc3c(cc21)sc1ccccc13)c1ccccc1)c1ccccc1. The van der Waals surface area contributed by atoms with Gasteiger partial charge in [-0.1, -0.05) is 115 Å². The van der Waals surface area contributed by atoms with Crippen LogP contribution in [0.25, 0.3) is 47.7 Å². The quantitative estimate of drug-likeness (QED) is 0.159. The molecular formula is C39H28N4S. The second-order valence-corrected chi connectivity index (χ2v) is 11.9. The highest BCUT2D eigenvalue weighted by molar-refractivity contribution is 7.25. The number of thiophene rings is 1. The lowest BCUT2D eigenvalue weighted by atomic mass is 10.1. The maximum absolute atomic E-state index is 6.47. The number of benzene rings is 6. The van der Waals surface area contributed by atoms with Crippen LogP contribution >= 0.6 is 11.3 Å². The first-order chi connectivity index (χ1) is 21.7. The molecule has 0 atom stereocenters. The van der Waals surface area contributed by atoms with Gasteiger partial charge in [0.25, 0.3) is 0 Å². The van der Waals surface area contributed by atoms with Gasteiger partial charge >= 0.3 is 0 Å². The molecule has 210 valence electrons. The summed E-state index contributed by atoms with van der Waals surface area (Å²) >= 11 is 1.85. The normalized spacial score (nSPS) is 12.5. The van der Waals surface area contributed by atoms with Crippen molar-refractivity contribution >= 4 is 65.0 Å². The fourth-order valence-corrected chi connectivity index (χ4v) is 7.16. The van der Waals surface area contributed by atoms with Gasteiger partial charge in [-0.15, -0.1) is 11.3 Å². The maximum Gasteiger partial charge on any atom is 0.157 e. The number of para-hydroxylation sites is 2. The second-order valence-electron chi connectivity index (χ2n) is 10.8. The van der Waals surface area contributed by atoms with Crippen molar-refractivity contribution in [2.75, 3.05) is 0 Å². The number of nitrogens with two attached hydrogens (primary N) is 1. The first kappa shape index (κ1) is 26.1. The van der Waals surface area contributed by atoms with Gasteiger partial charge in [-0.3, -0.25) is 4.99 Å². The van der Waals surface area contributed by atoms with Crippen LogP contribution in [0.15, 0.2) is 156 Å². The van der Waals surface area contributed by atoms with Crippen molar-refractivity contribution in [3.05, 3.63) is 162 Å². The van der Waals surface area contributed by atoms with E-state index in [0.29, 0.717) is 18.2 Å². The van der Waals surface area contributed by atoms with Gasteiger partial charge < -0.3 is 10.3 Å². The molecule has 4 nitrogen and oxygen atoms in total. The number of aromatic nitrogens is 1. The number of hydrogen-bond donors (Lipinski definition) is 1. The van der Waals surface area contributed by atoms with Crippen LogP contribution in [-0.2, 0) is 6.54 Å². The zero-order chi connectivity index (χ0) is 29.5. The van der Waals surface area contributed by atoms with Crippen molar-refractivity contribution in [1.29, 1.82) is 0 Å². The number of amidine groups is 2. The van der Waals surface area contributed by atoms with Crippen molar-refractivity contribution in [1.82, 2.24) is 4.57 Å². The number of hydrogen-bond acceptors (Lipinski definition) is 2. The molecule has 0 aliphatic carbocycles. The van der Waals surface area contributed by atoms with Crippen LogP contribution in [0.2, 0.25) is 0 Å². The van der Waals surface area contributed by atoms with Crippen molar-refractivity contribution in [3.63, 3.8) is 0 Å². The largest absolute Gasteiger partial charge is 0.383 e. The molecule has 0 fully saturated rings. The molecule has 5 heteroatoms. The van der Waals surface area contributed by atoms with Crippen LogP contribution in [0.5, 0.6) is 0 Å². The number of nitrogens with zero attached hydrogens (tertiary/aromatic N) is 3. The van der Waals surface area contributed by atoms with Gasteiger partial charge in [-0.05, 0) is 35.9 Å². The van der Waals surface area contributed by atoms with Gasteiger partial charge in [0.15, 0.2) is 5.84 Å². The summed E-state index contributed by atoms with van der Waals surface area (Å²) in [6.45, 7) is 0.450. The predicted molar refractivity (Wildman–Crippen MR) is 188 cm³/mol. The van der Waals surface area contributed by atoms with E-state index in [2.05, 4.69) is 89.5 Å². The molecule has 0 unspecified atom stereocenters. The third-order valence-electron chi connectivity index (χ3n) is 8.13. The summed E-state index contributed by atoms with van der Waals surface area (Å²) in [5, 5.41) is 5.10. The Bertz CT molecular complexity index is 2360. The van der Waals surface area contributed by atoms with Crippen molar-refractivity contribution in [2.45, 2.75) is 6.54 Å². The lowest BCUT2D eigenvalue weighted by molar-refractivity contribution is 1.02. The van der Waals surface area contributed by atoms with Crippen LogP contribution in [0.1, 0.15) is 16.7 Å². The molecule has 8 rings (SSSR count). The Labute approximate surface area is 259 Å². The van der Waals surface area contributed by atoms with Crippen LogP contribution < -0.4 is 5.73 Å². The number of aliphatic imine (C=N–C) groups is 2. The van der Waals surface area contributed by atoms with E-state index in [1.165, 1.54) is 42.0 Å². The summed E-state index contributed by atoms with van der Waals surface area (Å²) in [6.07, 6.45) is 0. The van der Waals surface area contributed by atoms with E-state index in [4.69, 9.17) is 15.7 Å². The molecule has 0 amide bonds. The first-order valence-electron chi connectivity index (χ1n) is 14.7. The minimum Gasteiger partial charge on any atom is -0.383 e. The van der Waals surface area contributed by atoms with E-state index >= 15 is 0 Å². The third-order valence-corrected chi connectivity index (χ3v) is 9.26. The number of fused-ring (bicyclic) bond motifs is 6. The van der Waals surface area contributed by atoms with E-state index in [1.54, 1.807) is 0 Å². The highest BCUT2D eigenvalue weighted by atomic mass is 32.1. The summed E-state index contributed by atoms with van der Waals surface area (Å²) in [7, 11) is 0. The molecule has 2 heterocycles. The third kappa shape index (κ3) is 4.55. The Morgan fingerprint density at radius 3 is 2.05 bits per heavy atom. The number of rotatable bonds is 5.